The van der Waals surface area contributed by atoms with E-state index in [9.17, 15) is 19.5 Å². The van der Waals surface area contributed by atoms with Gasteiger partial charge in [0.25, 0.3) is 0 Å². The van der Waals surface area contributed by atoms with Gasteiger partial charge in [-0.05, 0) is 49.4 Å². The third-order valence-corrected chi connectivity index (χ3v) is 5.35. The van der Waals surface area contributed by atoms with Crippen LogP contribution in [0.4, 0.5) is 0 Å². The maximum atomic E-state index is 12.6. The number of fused-ring (bicyclic) bond motifs is 1. The second-order valence-corrected chi connectivity index (χ2v) is 7.50. The van der Waals surface area contributed by atoms with E-state index >= 15 is 0 Å². The Bertz CT molecular complexity index is 908. The predicted octanol–water partition coefficient (Wildman–Crippen LogP) is 0.840. The molecule has 2 aromatic rings. The van der Waals surface area contributed by atoms with Crippen molar-refractivity contribution >= 4 is 17.8 Å². The number of aromatic amines is 1. The molecule has 0 spiro atoms. The molecule has 0 bridgehead atoms. The van der Waals surface area contributed by atoms with Gasteiger partial charge in [0.15, 0.2) is 0 Å². The summed E-state index contributed by atoms with van der Waals surface area (Å²) in [7, 11) is 1.55. The summed E-state index contributed by atoms with van der Waals surface area (Å²) in [6, 6.07) is 5.01. The minimum absolute atomic E-state index is 0.123. The number of nitrogens with zero attached hydrogens (tertiary/aromatic N) is 1. The number of aromatic nitrogens is 2. The molecule has 0 fully saturated rings. The summed E-state index contributed by atoms with van der Waals surface area (Å²) < 4.78 is 5.09. The molecule has 9 heteroatoms. The molecular weight excluding hydrogens is 388 g/mol. The lowest BCUT2D eigenvalue weighted by Crippen LogP contribution is -2.52. The third kappa shape index (κ3) is 5.16. The highest BCUT2D eigenvalue weighted by Crippen LogP contribution is 2.23. The van der Waals surface area contributed by atoms with Crippen LogP contribution in [-0.2, 0) is 33.6 Å². The molecule has 4 N–H and O–H groups in total. The van der Waals surface area contributed by atoms with Crippen LogP contribution in [0.25, 0.3) is 0 Å². The van der Waals surface area contributed by atoms with Gasteiger partial charge in [-0.3, -0.25) is 14.7 Å². The summed E-state index contributed by atoms with van der Waals surface area (Å²) in [4.78, 5) is 36.7. The van der Waals surface area contributed by atoms with Gasteiger partial charge in [-0.1, -0.05) is 12.1 Å². The van der Waals surface area contributed by atoms with Gasteiger partial charge in [0.1, 0.15) is 17.8 Å². The number of aryl methyl sites for hydroxylation is 1. The summed E-state index contributed by atoms with van der Waals surface area (Å²) in [6.07, 6.45) is 3.82. The first kappa shape index (κ1) is 21.4. The molecule has 0 saturated carbocycles. The lowest BCUT2D eigenvalue weighted by Gasteiger charge is -2.24. The Balaban J connectivity index is 1.54. The number of aliphatic carboxylic acids is 1. The Morgan fingerprint density at radius 1 is 1.27 bits per heavy atom. The number of rotatable bonds is 8. The molecule has 3 rings (SSSR count). The molecule has 0 saturated heterocycles. The van der Waals surface area contributed by atoms with Crippen LogP contribution in [0.2, 0.25) is 0 Å². The molecule has 1 aliphatic rings. The summed E-state index contributed by atoms with van der Waals surface area (Å²) in [6.45, 7) is 1.55. The predicted molar refractivity (Wildman–Crippen MR) is 108 cm³/mol. The van der Waals surface area contributed by atoms with Crippen molar-refractivity contribution in [2.75, 3.05) is 7.11 Å². The number of carbonyl (C=O) groups excluding carboxylic acids is 2. The normalized spacial score (nSPS) is 17.3. The zero-order valence-corrected chi connectivity index (χ0v) is 17.0. The molecule has 2 amide bonds. The number of hydrogen-bond donors (Lipinski definition) is 4. The van der Waals surface area contributed by atoms with Crippen molar-refractivity contribution < 1.29 is 24.2 Å². The highest BCUT2D eigenvalue weighted by Gasteiger charge is 2.29. The van der Waals surface area contributed by atoms with Crippen molar-refractivity contribution in [3.8, 4) is 5.75 Å². The Labute approximate surface area is 174 Å². The van der Waals surface area contributed by atoms with E-state index in [2.05, 4.69) is 20.8 Å². The minimum atomic E-state index is -1.14. The Kier molecular flexibility index (Phi) is 6.71. The molecule has 30 heavy (non-hydrogen) atoms. The number of hydrogen-bond acceptors (Lipinski definition) is 5. The second-order valence-electron chi connectivity index (χ2n) is 7.50. The number of benzene rings is 1. The number of ether oxygens (including phenoxy) is 1. The minimum Gasteiger partial charge on any atom is -0.497 e. The average Bonchev–Trinajstić information content (AvgIpc) is 3.21. The van der Waals surface area contributed by atoms with E-state index in [1.807, 2.05) is 0 Å². The van der Waals surface area contributed by atoms with E-state index in [0.29, 0.717) is 18.6 Å². The molecule has 1 aliphatic carbocycles. The largest absolute Gasteiger partial charge is 0.497 e. The lowest BCUT2D eigenvalue weighted by atomic mass is 9.87. The van der Waals surface area contributed by atoms with Crippen molar-refractivity contribution in [3.05, 3.63) is 47.3 Å². The van der Waals surface area contributed by atoms with E-state index < -0.39 is 24.0 Å². The highest BCUT2D eigenvalue weighted by atomic mass is 16.5. The van der Waals surface area contributed by atoms with Crippen LogP contribution < -0.4 is 15.4 Å². The average molecular weight is 414 g/mol. The highest BCUT2D eigenvalue weighted by molar-refractivity contribution is 5.90. The van der Waals surface area contributed by atoms with Crippen LogP contribution in [0, 0.1) is 5.92 Å². The third-order valence-electron chi connectivity index (χ3n) is 5.35. The lowest BCUT2D eigenvalue weighted by molar-refractivity contribution is -0.142. The molecule has 1 aromatic carbocycles. The van der Waals surface area contributed by atoms with Crippen LogP contribution in [-0.4, -0.2) is 52.3 Å². The van der Waals surface area contributed by atoms with Crippen molar-refractivity contribution in [1.82, 2.24) is 20.8 Å². The van der Waals surface area contributed by atoms with Gasteiger partial charge in [-0.15, -0.1) is 0 Å². The first-order valence-corrected chi connectivity index (χ1v) is 9.85. The van der Waals surface area contributed by atoms with Crippen LogP contribution in [0.1, 0.15) is 30.2 Å². The summed E-state index contributed by atoms with van der Waals surface area (Å²) >= 11 is 0. The number of carboxylic acid groups (broad SMARTS) is 1. The maximum Gasteiger partial charge on any atom is 0.326 e. The van der Waals surface area contributed by atoms with Crippen molar-refractivity contribution in [2.45, 2.75) is 44.7 Å². The SMILES string of the molecule is COc1ccc(C[C@H](NC(=O)[C@@H](C)NC(=O)[C@H]2CCc3[nH]ncc3C2)C(=O)O)cc1. The van der Waals surface area contributed by atoms with Crippen molar-refractivity contribution in [1.29, 1.82) is 0 Å². The Morgan fingerprint density at radius 3 is 2.67 bits per heavy atom. The van der Waals surface area contributed by atoms with Crippen LogP contribution in [0.5, 0.6) is 5.75 Å². The first-order valence-electron chi connectivity index (χ1n) is 9.85. The van der Waals surface area contributed by atoms with Gasteiger partial charge >= 0.3 is 5.97 Å². The molecule has 1 heterocycles. The zero-order chi connectivity index (χ0) is 21.7. The molecule has 0 unspecified atom stereocenters. The van der Waals surface area contributed by atoms with E-state index in [-0.39, 0.29) is 18.2 Å². The molecular formula is C21H26N4O5. The van der Waals surface area contributed by atoms with E-state index in [1.54, 1.807) is 44.5 Å². The summed E-state index contributed by atoms with van der Waals surface area (Å²) in [5, 5.41) is 21.6. The van der Waals surface area contributed by atoms with Crippen molar-refractivity contribution in [3.63, 3.8) is 0 Å². The fourth-order valence-electron chi connectivity index (χ4n) is 3.53. The number of nitrogens with one attached hydrogen (secondary N) is 3. The molecule has 0 radical (unpaired) electrons. The van der Waals surface area contributed by atoms with Gasteiger partial charge in [0.2, 0.25) is 11.8 Å². The van der Waals surface area contributed by atoms with E-state index in [4.69, 9.17) is 4.74 Å². The molecule has 1 aromatic heterocycles. The number of amides is 2. The topological polar surface area (TPSA) is 133 Å². The maximum absolute atomic E-state index is 12.6. The first-order chi connectivity index (χ1) is 14.4. The number of carbonyl (C=O) groups is 3. The van der Waals surface area contributed by atoms with Gasteiger partial charge < -0.3 is 20.5 Å². The fraction of sp³-hybridized carbons (Fsp3) is 0.429. The smallest absolute Gasteiger partial charge is 0.326 e. The van der Waals surface area contributed by atoms with Gasteiger partial charge in [-0.2, -0.15) is 5.10 Å². The van der Waals surface area contributed by atoms with E-state index in [1.165, 1.54) is 0 Å². The van der Waals surface area contributed by atoms with Gasteiger partial charge in [0, 0.05) is 18.0 Å². The molecule has 0 aliphatic heterocycles. The summed E-state index contributed by atoms with van der Waals surface area (Å²) in [5.41, 5.74) is 2.81. The number of carboxylic acids is 1. The molecule has 160 valence electrons. The van der Waals surface area contributed by atoms with Crippen LogP contribution in [0.3, 0.4) is 0 Å². The van der Waals surface area contributed by atoms with Gasteiger partial charge in [0.05, 0.1) is 13.3 Å². The zero-order valence-electron chi connectivity index (χ0n) is 17.0. The fourth-order valence-corrected chi connectivity index (χ4v) is 3.53. The van der Waals surface area contributed by atoms with Crippen LogP contribution in [0.15, 0.2) is 30.5 Å². The number of H-pyrrole nitrogens is 1. The quantitative estimate of drug-likeness (QED) is 0.506. The molecule has 3 atom stereocenters. The molecule has 9 nitrogen and oxygen atoms in total. The summed E-state index contributed by atoms with van der Waals surface area (Å²) in [5.74, 6) is -1.47. The Morgan fingerprint density at radius 2 is 2.00 bits per heavy atom. The standard InChI is InChI=1S/C21H26N4O5/c1-12(23-20(27)14-5-8-17-15(10-14)11-22-25-17)19(26)24-18(21(28)29)9-13-3-6-16(30-2)7-4-13/h3-4,6-7,11-12,14,18H,5,8-10H2,1-2H3,(H,22,25)(H,23,27)(H,24,26)(H,28,29)/t12-,14+,18+/m1/s1. The number of methoxy groups -OCH3 is 1. The second kappa shape index (κ2) is 9.43. The Hall–Kier alpha value is -3.36. The monoisotopic (exact) mass is 414 g/mol. The van der Waals surface area contributed by atoms with Crippen LogP contribution >= 0.6 is 0 Å². The van der Waals surface area contributed by atoms with E-state index in [0.717, 1.165) is 23.2 Å². The van der Waals surface area contributed by atoms with Crippen molar-refractivity contribution in [2.24, 2.45) is 5.92 Å². The van der Waals surface area contributed by atoms with Gasteiger partial charge in [-0.25, -0.2) is 4.79 Å².